The number of nitrogens with one attached hydrogen (secondary N) is 1. The highest BCUT2D eigenvalue weighted by molar-refractivity contribution is 9.10. The topological polar surface area (TPSA) is 29.1 Å². The summed E-state index contributed by atoms with van der Waals surface area (Å²) >= 11 is 3.51. The molecule has 2 rings (SSSR count). The predicted molar refractivity (Wildman–Crippen MR) is 106 cm³/mol. The van der Waals surface area contributed by atoms with E-state index in [-0.39, 0.29) is 22.8 Å². The Hall–Kier alpha value is -1.19. The molecule has 1 N–H and O–H groups in total. The first kappa shape index (κ1) is 19.1. The van der Waals surface area contributed by atoms with Crippen molar-refractivity contribution < 1.29 is 4.79 Å². The number of carbonyl (C=O) groups is 1. The Morgan fingerprint density at radius 1 is 1.00 bits per heavy atom. The van der Waals surface area contributed by atoms with Crippen LogP contribution in [0.2, 0.25) is 0 Å². The van der Waals surface area contributed by atoms with Crippen molar-refractivity contribution in [3.63, 3.8) is 0 Å². The van der Waals surface area contributed by atoms with Gasteiger partial charge in [-0.3, -0.25) is 4.79 Å². The maximum Gasteiger partial charge on any atom is 0.155 e. The first-order chi connectivity index (χ1) is 11.0. The van der Waals surface area contributed by atoms with Crippen LogP contribution >= 0.6 is 15.9 Å². The molecule has 130 valence electrons. The zero-order chi connectivity index (χ0) is 18.1. The van der Waals surface area contributed by atoms with E-state index in [1.54, 1.807) is 0 Å². The molecular weight excluding hydrogens is 362 g/mol. The molecule has 3 heteroatoms. The number of fused-ring (bicyclic) bond motifs is 1. The van der Waals surface area contributed by atoms with Gasteiger partial charge in [-0.05, 0) is 55.7 Å². The average Bonchev–Trinajstić information content (AvgIpc) is 2.43. The van der Waals surface area contributed by atoms with Gasteiger partial charge in [-0.2, -0.15) is 0 Å². The fraction of sp³-hybridized carbons (Fsp3) is 0.476. The number of ketones is 1. The van der Waals surface area contributed by atoms with E-state index >= 15 is 0 Å². The lowest BCUT2D eigenvalue weighted by atomic mass is 9.83. The maximum atomic E-state index is 12.9. The van der Waals surface area contributed by atoms with Crippen LogP contribution in [-0.2, 0) is 11.2 Å². The molecule has 0 amide bonds. The van der Waals surface area contributed by atoms with Gasteiger partial charge < -0.3 is 5.32 Å². The summed E-state index contributed by atoms with van der Waals surface area (Å²) in [7, 11) is 0. The number of hydrogen-bond donors (Lipinski definition) is 1. The minimum Gasteiger partial charge on any atom is -0.302 e. The highest BCUT2D eigenvalue weighted by atomic mass is 79.9. The number of rotatable bonds is 4. The van der Waals surface area contributed by atoms with Crippen molar-refractivity contribution in [2.24, 2.45) is 5.41 Å². The van der Waals surface area contributed by atoms with E-state index in [2.05, 4.69) is 78.4 Å². The Kier molecular flexibility index (Phi) is 5.56. The van der Waals surface area contributed by atoms with Crippen molar-refractivity contribution in [1.29, 1.82) is 0 Å². The van der Waals surface area contributed by atoms with Gasteiger partial charge in [0.05, 0.1) is 6.04 Å². The molecule has 2 nitrogen and oxygen atoms in total. The SMILES string of the molecule is CC(C)(C)NC(Cc1ccc2cc(Br)ccc2c1)C(=O)C(C)(C)C. The van der Waals surface area contributed by atoms with Gasteiger partial charge in [-0.25, -0.2) is 0 Å². The highest BCUT2D eigenvalue weighted by Crippen LogP contribution is 2.24. The van der Waals surface area contributed by atoms with Crippen molar-refractivity contribution in [1.82, 2.24) is 5.32 Å². The molecule has 0 fully saturated rings. The van der Waals surface area contributed by atoms with Crippen LogP contribution in [0, 0.1) is 5.41 Å². The van der Waals surface area contributed by atoms with Gasteiger partial charge in [0.1, 0.15) is 0 Å². The van der Waals surface area contributed by atoms with Gasteiger partial charge in [0, 0.05) is 15.4 Å². The molecule has 0 aliphatic carbocycles. The normalized spacial score (nSPS) is 14.0. The Balaban J connectivity index is 2.31. The molecule has 1 atom stereocenters. The molecule has 0 aliphatic heterocycles. The molecular formula is C21H28BrNO. The summed E-state index contributed by atoms with van der Waals surface area (Å²) in [5.41, 5.74) is 0.724. The Morgan fingerprint density at radius 2 is 1.58 bits per heavy atom. The van der Waals surface area contributed by atoms with Crippen molar-refractivity contribution in [2.45, 2.75) is 59.5 Å². The zero-order valence-electron chi connectivity index (χ0n) is 15.5. The van der Waals surface area contributed by atoms with Crippen LogP contribution in [0.15, 0.2) is 40.9 Å². The fourth-order valence-electron chi connectivity index (χ4n) is 2.88. The van der Waals surface area contributed by atoms with Crippen LogP contribution in [0.5, 0.6) is 0 Å². The van der Waals surface area contributed by atoms with Gasteiger partial charge in [-0.1, -0.05) is 61.0 Å². The lowest BCUT2D eigenvalue weighted by Gasteiger charge is -2.32. The summed E-state index contributed by atoms with van der Waals surface area (Å²) < 4.78 is 1.08. The van der Waals surface area contributed by atoms with Crippen molar-refractivity contribution >= 4 is 32.5 Å². The summed E-state index contributed by atoms with van der Waals surface area (Å²) in [6.07, 6.45) is 0.708. The van der Waals surface area contributed by atoms with Crippen LogP contribution in [0.3, 0.4) is 0 Å². The molecule has 0 saturated heterocycles. The van der Waals surface area contributed by atoms with Crippen LogP contribution in [-0.4, -0.2) is 17.4 Å². The molecule has 0 bridgehead atoms. The fourth-order valence-corrected chi connectivity index (χ4v) is 3.26. The average molecular weight is 390 g/mol. The number of carbonyl (C=O) groups excluding carboxylic acids is 1. The molecule has 0 radical (unpaired) electrons. The van der Waals surface area contributed by atoms with Gasteiger partial charge >= 0.3 is 0 Å². The second-order valence-electron chi connectivity index (χ2n) is 8.59. The smallest absolute Gasteiger partial charge is 0.155 e. The molecule has 0 heterocycles. The molecule has 2 aromatic rings. The van der Waals surface area contributed by atoms with Gasteiger partial charge in [0.15, 0.2) is 5.78 Å². The molecule has 1 unspecified atom stereocenters. The van der Waals surface area contributed by atoms with Gasteiger partial charge in [0.25, 0.3) is 0 Å². The zero-order valence-corrected chi connectivity index (χ0v) is 17.1. The number of halogens is 1. The summed E-state index contributed by atoms with van der Waals surface area (Å²) in [5.74, 6) is 0.258. The van der Waals surface area contributed by atoms with E-state index in [4.69, 9.17) is 0 Å². The lowest BCUT2D eigenvalue weighted by Crippen LogP contribution is -2.51. The second kappa shape index (κ2) is 6.97. The first-order valence-corrected chi connectivity index (χ1v) is 9.25. The summed E-state index contributed by atoms with van der Waals surface area (Å²) in [6, 6.07) is 12.5. The largest absolute Gasteiger partial charge is 0.302 e. The van der Waals surface area contributed by atoms with Crippen molar-refractivity contribution in [2.75, 3.05) is 0 Å². The molecule has 0 spiro atoms. The number of Topliss-reactive ketones (excluding diaryl/α,β-unsaturated/α-hetero) is 1. The number of hydrogen-bond acceptors (Lipinski definition) is 2. The standard InChI is InChI=1S/C21H28BrNO/c1-20(2,3)19(24)18(23-21(4,5)6)12-14-7-8-16-13-17(22)10-9-15(16)11-14/h7-11,13,18,23H,12H2,1-6H3. The van der Waals surface area contributed by atoms with Gasteiger partial charge in [-0.15, -0.1) is 0 Å². The Labute approximate surface area is 154 Å². The lowest BCUT2D eigenvalue weighted by molar-refractivity contribution is -0.128. The Morgan fingerprint density at radius 3 is 2.17 bits per heavy atom. The van der Waals surface area contributed by atoms with Crippen LogP contribution in [0.25, 0.3) is 10.8 Å². The minimum atomic E-state index is -0.357. The molecule has 2 aromatic carbocycles. The summed E-state index contributed by atoms with van der Waals surface area (Å²) in [5, 5.41) is 5.92. The summed E-state index contributed by atoms with van der Waals surface area (Å²) in [4.78, 5) is 12.9. The predicted octanol–water partition coefficient (Wildman–Crippen LogP) is 5.52. The third-order valence-electron chi connectivity index (χ3n) is 3.97. The van der Waals surface area contributed by atoms with Crippen LogP contribution in [0.1, 0.15) is 47.1 Å². The first-order valence-electron chi connectivity index (χ1n) is 8.46. The van der Waals surface area contributed by atoms with Crippen LogP contribution in [0.4, 0.5) is 0 Å². The van der Waals surface area contributed by atoms with E-state index in [0.29, 0.717) is 6.42 Å². The molecule has 0 aromatic heterocycles. The van der Waals surface area contributed by atoms with E-state index in [1.807, 2.05) is 20.8 Å². The maximum absolute atomic E-state index is 12.9. The van der Waals surface area contributed by atoms with Crippen molar-refractivity contribution in [3.05, 3.63) is 46.4 Å². The van der Waals surface area contributed by atoms with Crippen LogP contribution < -0.4 is 5.32 Å². The summed E-state index contributed by atoms with van der Waals surface area (Å²) in [6.45, 7) is 12.3. The third-order valence-corrected chi connectivity index (χ3v) is 4.46. The molecule has 0 aliphatic rings. The second-order valence-corrected chi connectivity index (χ2v) is 9.51. The van der Waals surface area contributed by atoms with E-state index < -0.39 is 0 Å². The van der Waals surface area contributed by atoms with Gasteiger partial charge in [0.2, 0.25) is 0 Å². The quantitative estimate of drug-likeness (QED) is 0.745. The van der Waals surface area contributed by atoms with E-state index in [0.717, 1.165) is 4.47 Å². The minimum absolute atomic E-state index is 0.104. The van der Waals surface area contributed by atoms with E-state index in [9.17, 15) is 4.79 Å². The van der Waals surface area contributed by atoms with Crippen molar-refractivity contribution in [3.8, 4) is 0 Å². The third kappa shape index (κ3) is 5.15. The number of benzene rings is 2. The molecule has 24 heavy (non-hydrogen) atoms. The highest BCUT2D eigenvalue weighted by Gasteiger charge is 2.32. The van der Waals surface area contributed by atoms with E-state index in [1.165, 1.54) is 16.3 Å². The Bertz CT molecular complexity index is 738. The monoisotopic (exact) mass is 389 g/mol. The molecule has 0 saturated carbocycles.